The molecule has 6 heterocycles. The molecule has 0 aliphatic heterocycles. The Balaban J connectivity index is 0.799. The lowest BCUT2D eigenvalue weighted by molar-refractivity contribution is 0.598. The molecular weight excluding hydrogens is 860 g/mol. The van der Waals surface area contributed by atoms with Gasteiger partial charge in [-0.2, -0.15) is 0 Å². The molecule has 16 rings (SSSR count). The van der Waals surface area contributed by atoms with Crippen molar-refractivity contribution in [1.29, 1.82) is 0 Å². The first-order chi connectivity index (χ1) is 33.6. The lowest BCUT2D eigenvalue weighted by atomic mass is 10.1. The number of nitrogens with zero attached hydrogens (tertiary/aromatic N) is 2. The van der Waals surface area contributed by atoms with Gasteiger partial charge in [0, 0.05) is 98.8 Å². The summed E-state index contributed by atoms with van der Waals surface area (Å²) < 4.78 is 45.1. The van der Waals surface area contributed by atoms with Gasteiger partial charge >= 0.3 is 0 Å². The molecule has 68 heavy (non-hydrogen) atoms. The maximum absolute atomic E-state index is 14.7. The third-order valence-electron chi connectivity index (χ3n) is 14.3. The number of para-hydroxylation sites is 4. The van der Waals surface area contributed by atoms with Crippen molar-refractivity contribution in [2.75, 3.05) is 0 Å². The van der Waals surface area contributed by atoms with Crippen LogP contribution < -0.4 is 10.6 Å². The maximum Gasteiger partial charge on any atom is 0.139 e. The van der Waals surface area contributed by atoms with Gasteiger partial charge in [-0.1, -0.05) is 72.8 Å². The van der Waals surface area contributed by atoms with Crippen LogP contribution in [0, 0.1) is 0 Å². The zero-order valence-corrected chi connectivity index (χ0v) is 36.9. The summed E-state index contributed by atoms with van der Waals surface area (Å²) in [5.74, 6) is 0. The van der Waals surface area contributed by atoms with Gasteiger partial charge < -0.3 is 31.4 Å². The molecule has 7 nitrogen and oxygen atoms in total. The van der Waals surface area contributed by atoms with Crippen LogP contribution >= 0.6 is 7.80 Å². The Bertz CT molecular complexity index is 4480. The minimum absolute atomic E-state index is 0.720. The molecule has 0 bridgehead atoms. The van der Waals surface area contributed by atoms with Crippen molar-refractivity contribution in [3.8, 4) is 11.4 Å². The summed E-state index contributed by atoms with van der Waals surface area (Å²) in [6.45, 7) is 0. The molecule has 0 spiro atoms. The normalized spacial score (nSPS) is 12.6. The van der Waals surface area contributed by atoms with Crippen LogP contribution in [-0.2, 0) is 4.57 Å². The first-order valence-corrected chi connectivity index (χ1v) is 24.2. The van der Waals surface area contributed by atoms with Gasteiger partial charge in [-0.25, -0.2) is 0 Å². The standard InChI is InChI=1S/C60H33N2O5P/c63-68(35-19-23-55-43(27-35)47-29-45-41-25-33(17-21-53(41)64-57(45)31-59(47)66-55)61-49-13-5-1-9-37(49)38-10-2-6-14-50(38)61)36-20-24-56-44(28-36)48-30-46-42-26-34(18-22-54(42)65-58(46)32-60(48)67-56)62-51-15-7-3-11-39(51)40-12-4-8-16-52(40)62/h1-32,68H. The highest BCUT2D eigenvalue weighted by atomic mass is 31.1. The number of aromatic nitrogens is 2. The quantitative estimate of drug-likeness (QED) is 0.164. The summed E-state index contributed by atoms with van der Waals surface area (Å²) >= 11 is 0. The molecular formula is C60H33N2O5P. The lowest BCUT2D eigenvalue weighted by Crippen LogP contribution is -2.05. The number of rotatable bonds is 4. The van der Waals surface area contributed by atoms with Crippen molar-refractivity contribution >= 4 is 150 Å². The van der Waals surface area contributed by atoms with E-state index in [9.17, 15) is 4.57 Å². The molecule has 0 saturated carbocycles. The van der Waals surface area contributed by atoms with Gasteiger partial charge in [-0.15, -0.1) is 0 Å². The first-order valence-electron chi connectivity index (χ1n) is 22.7. The van der Waals surface area contributed by atoms with Crippen molar-refractivity contribution in [2.24, 2.45) is 0 Å². The van der Waals surface area contributed by atoms with Crippen LogP contribution in [0.5, 0.6) is 0 Å². The second-order valence-corrected chi connectivity index (χ2v) is 19.8. The SMILES string of the molecule is O=[PH](c1ccc2oc3cc4oc5ccc(-n6c7ccccc7c7ccccc76)cc5c4cc3c2c1)c1ccc2oc3cc4oc5ccc(-n6c7ccccc7c7ccccc76)cc5c4cc3c2c1. The van der Waals surface area contributed by atoms with Crippen molar-refractivity contribution in [3.63, 3.8) is 0 Å². The predicted molar refractivity (Wildman–Crippen MR) is 279 cm³/mol. The van der Waals surface area contributed by atoms with Crippen LogP contribution in [-0.4, -0.2) is 9.13 Å². The van der Waals surface area contributed by atoms with Crippen LogP contribution in [0.25, 0.3) is 143 Å². The highest BCUT2D eigenvalue weighted by molar-refractivity contribution is 7.61. The predicted octanol–water partition coefficient (Wildman–Crippen LogP) is 16.0. The average Bonchev–Trinajstić information content (AvgIpc) is 4.23. The summed E-state index contributed by atoms with van der Waals surface area (Å²) in [7, 11) is -2.46. The largest absolute Gasteiger partial charge is 0.456 e. The fourth-order valence-corrected chi connectivity index (χ4v) is 12.6. The van der Waals surface area contributed by atoms with E-state index in [2.05, 4.69) is 155 Å². The molecule has 0 aliphatic rings. The van der Waals surface area contributed by atoms with Gasteiger partial charge in [0.25, 0.3) is 0 Å². The molecule has 0 fully saturated rings. The zero-order valence-electron chi connectivity index (χ0n) is 35.9. The van der Waals surface area contributed by atoms with E-state index >= 15 is 0 Å². The maximum atomic E-state index is 14.7. The van der Waals surface area contributed by atoms with E-state index < -0.39 is 7.80 Å². The number of fused-ring (bicyclic) bond motifs is 18. The molecule has 318 valence electrons. The fraction of sp³-hybridized carbons (Fsp3) is 0. The van der Waals surface area contributed by atoms with Crippen LogP contribution in [0.4, 0.5) is 0 Å². The molecule has 0 atom stereocenters. The number of benzene rings is 10. The Morgan fingerprint density at radius 2 is 0.559 bits per heavy atom. The van der Waals surface area contributed by atoms with E-state index in [-0.39, 0.29) is 0 Å². The van der Waals surface area contributed by atoms with Crippen LogP contribution in [0.15, 0.2) is 212 Å². The topological polar surface area (TPSA) is 79.5 Å². The van der Waals surface area contributed by atoms with Gasteiger partial charge in [0.15, 0.2) is 0 Å². The first kappa shape index (κ1) is 36.4. The van der Waals surface area contributed by atoms with E-state index in [0.717, 1.165) is 132 Å². The Morgan fingerprint density at radius 3 is 0.912 bits per heavy atom. The third kappa shape index (κ3) is 4.95. The van der Waals surface area contributed by atoms with Crippen LogP contribution in [0.2, 0.25) is 0 Å². The lowest BCUT2D eigenvalue weighted by Gasteiger charge is -2.08. The van der Waals surface area contributed by atoms with Crippen LogP contribution in [0.3, 0.4) is 0 Å². The summed E-state index contributed by atoms with van der Waals surface area (Å²) in [6.07, 6.45) is 0. The van der Waals surface area contributed by atoms with Crippen molar-refractivity contribution in [3.05, 3.63) is 194 Å². The zero-order chi connectivity index (χ0) is 44.4. The third-order valence-corrected chi connectivity index (χ3v) is 16.0. The minimum atomic E-state index is -2.46. The molecule has 0 aliphatic carbocycles. The Hall–Kier alpha value is -8.77. The van der Waals surface area contributed by atoms with Gasteiger partial charge in [0.1, 0.15) is 52.5 Å². The smallest absolute Gasteiger partial charge is 0.139 e. The average molecular weight is 893 g/mol. The van der Waals surface area contributed by atoms with Crippen molar-refractivity contribution < 1.29 is 22.2 Å². The molecule has 0 N–H and O–H groups in total. The van der Waals surface area contributed by atoms with E-state index in [1.807, 2.05) is 48.5 Å². The fourth-order valence-electron chi connectivity index (χ4n) is 11.2. The van der Waals surface area contributed by atoms with Gasteiger partial charge in [-0.3, -0.25) is 0 Å². The Kier molecular flexibility index (Phi) is 7.07. The molecule has 10 aromatic carbocycles. The summed E-state index contributed by atoms with van der Waals surface area (Å²) in [5, 5.41) is 14.1. The van der Waals surface area contributed by atoms with Gasteiger partial charge in [0.05, 0.1) is 22.1 Å². The van der Waals surface area contributed by atoms with Gasteiger partial charge in [-0.05, 0) is 109 Å². The minimum Gasteiger partial charge on any atom is -0.456 e. The Morgan fingerprint density at radius 1 is 0.265 bits per heavy atom. The second kappa shape index (κ2) is 13.2. The molecule has 16 aromatic rings. The van der Waals surface area contributed by atoms with Crippen molar-refractivity contribution in [2.45, 2.75) is 0 Å². The van der Waals surface area contributed by atoms with Gasteiger partial charge in [0.2, 0.25) is 0 Å². The van der Waals surface area contributed by atoms with Crippen LogP contribution in [0.1, 0.15) is 0 Å². The Labute approximate surface area is 385 Å². The molecule has 0 saturated heterocycles. The van der Waals surface area contributed by atoms with E-state index in [1.165, 1.54) is 21.5 Å². The number of furan rings is 4. The highest BCUT2D eigenvalue weighted by Gasteiger charge is 2.21. The monoisotopic (exact) mass is 892 g/mol. The number of hydrogen-bond donors (Lipinski definition) is 0. The summed E-state index contributed by atoms with van der Waals surface area (Å²) in [4.78, 5) is 0. The highest BCUT2D eigenvalue weighted by Crippen LogP contribution is 2.42. The molecule has 0 radical (unpaired) electrons. The second-order valence-electron chi connectivity index (χ2n) is 17.9. The van der Waals surface area contributed by atoms with Crippen molar-refractivity contribution in [1.82, 2.24) is 9.13 Å². The summed E-state index contributed by atoms with van der Waals surface area (Å²) in [6, 6.07) is 67.1. The van der Waals surface area contributed by atoms with E-state index in [4.69, 9.17) is 17.7 Å². The molecule has 8 heteroatoms. The molecule has 6 aromatic heterocycles. The molecule has 0 amide bonds. The van der Waals surface area contributed by atoms with E-state index in [1.54, 1.807) is 0 Å². The summed E-state index contributed by atoms with van der Waals surface area (Å²) in [5.41, 5.74) is 12.8. The van der Waals surface area contributed by atoms with E-state index in [0.29, 0.717) is 0 Å². The molecule has 0 unspecified atom stereocenters. The number of hydrogen-bond acceptors (Lipinski definition) is 5.